The van der Waals surface area contributed by atoms with Crippen molar-refractivity contribution in [3.8, 4) is 0 Å². The number of ketones is 1. The molecule has 0 aromatic heterocycles. The second-order valence-electron chi connectivity index (χ2n) is 5.16. The van der Waals surface area contributed by atoms with Gasteiger partial charge in [0, 0.05) is 17.9 Å². The Kier molecular flexibility index (Phi) is 4.77. The molecule has 114 valence electrons. The van der Waals surface area contributed by atoms with Crippen LogP contribution in [0.1, 0.15) is 36.0 Å². The Morgan fingerprint density at radius 1 is 1.19 bits per heavy atom. The molecule has 0 atom stereocenters. The van der Waals surface area contributed by atoms with Gasteiger partial charge in [0.05, 0.1) is 17.8 Å². The summed E-state index contributed by atoms with van der Waals surface area (Å²) in [6, 6.07) is 6.05. The summed E-state index contributed by atoms with van der Waals surface area (Å²) in [6.07, 6.45) is 2.14. The topological polar surface area (TPSA) is 77.5 Å². The van der Waals surface area contributed by atoms with E-state index in [1.165, 1.54) is 19.2 Å². The lowest BCUT2D eigenvalue weighted by Gasteiger charge is -2.05. The predicted molar refractivity (Wildman–Crippen MR) is 76.8 cm³/mol. The average Bonchev–Trinajstić information content (AvgIpc) is 3.31. The third-order valence-electron chi connectivity index (χ3n) is 3.47. The van der Waals surface area contributed by atoms with Crippen LogP contribution in [0.2, 0.25) is 0 Å². The van der Waals surface area contributed by atoms with Crippen LogP contribution in [0.3, 0.4) is 0 Å². The molecule has 0 heterocycles. The first-order valence-corrected chi connectivity index (χ1v) is 8.53. The SMILES string of the molecule is COC(=O)CCCS(=O)(=O)c1ccc(C(=O)C2CC2)cc1. The fraction of sp³-hybridized carbons (Fsp3) is 0.467. The van der Waals surface area contributed by atoms with Gasteiger partial charge in [-0.15, -0.1) is 0 Å². The molecule has 1 aliphatic rings. The van der Waals surface area contributed by atoms with Gasteiger partial charge in [0.2, 0.25) is 0 Å². The minimum Gasteiger partial charge on any atom is -0.469 e. The summed E-state index contributed by atoms with van der Waals surface area (Å²) in [6.45, 7) is 0. The van der Waals surface area contributed by atoms with E-state index in [4.69, 9.17) is 0 Å². The number of benzene rings is 1. The molecule has 0 aliphatic heterocycles. The molecular formula is C15H18O5S. The number of rotatable bonds is 7. The Hall–Kier alpha value is -1.69. The fourth-order valence-corrected chi connectivity index (χ4v) is 3.35. The minimum atomic E-state index is -3.43. The van der Waals surface area contributed by atoms with E-state index in [1.807, 2.05) is 0 Å². The van der Waals surface area contributed by atoms with E-state index >= 15 is 0 Å². The molecule has 1 aromatic carbocycles. The van der Waals surface area contributed by atoms with Crippen molar-refractivity contribution in [2.75, 3.05) is 12.9 Å². The number of methoxy groups -OCH3 is 1. The van der Waals surface area contributed by atoms with Gasteiger partial charge in [0.1, 0.15) is 0 Å². The Bertz CT molecular complexity index is 627. The predicted octanol–water partition coefficient (Wildman–Crippen LogP) is 2.01. The molecule has 21 heavy (non-hydrogen) atoms. The molecule has 0 bridgehead atoms. The third-order valence-corrected chi connectivity index (χ3v) is 5.28. The van der Waals surface area contributed by atoms with Crippen molar-refractivity contribution < 1.29 is 22.7 Å². The largest absolute Gasteiger partial charge is 0.469 e. The van der Waals surface area contributed by atoms with E-state index in [1.54, 1.807) is 12.1 Å². The van der Waals surface area contributed by atoms with Gasteiger partial charge in [-0.2, -0.15) is 0 Å². The van der Waals surface area contributed by atoms with Gasteiger partial charge in [0.15, 0.2) is 15.6 Å². The van der Waals surface area contributed by atoms with Gasteiger partial charge in [-0.1, -0.05) is 12.1 Å². The summed E-state index contributed by atoms with van der Waals surface area (Å²) < 4.78 is 28.7. The lowest BCUT2D eigenvalue weighted by molar-refractivity contribution is -0.140. The van der Waals surface area contributed by atoms with Crippen LogP contribution < -0.4 is 0 Å². The summed E-state index contributed by atoms with van der Waals surface area (Å²) in [7, 11) is -2.16. The molecule has 0 saturated heterocycles. The highest BCUT2D eigenvalue weighted by Crippen LogP contribution is 2.32. The standard InChI is InChI=1S/C15H18O5S/c1-20-14(16)3-2-10-21(18,19)13-8-6-12(7-9-13)15(17)11-4-5-11/h6-9,11H,2-5,10H2,1H3. The summed E-state index contributed by atoms with van der Waals surface area (Å²) in [4.78, 5) is 23.0. The van der Waals surface area contributed by atoms with E-state index < -0.39 is 15.8 Å². The van der Waals surface area contributed by atoms with Crippen LogP contribution in [0.25, 0.3) is 0 Å². The number of hydrogen-bond acceptors (Lipinski definition) is 5. The summed E-state index contributed by atoms with van der Waals surface area (Å²) in [5, 5.41) is 0. The van der Waals surface area contributed by atoms with E-state index in [-0.39, 0.29) is 35.2 Å². The number of esters is 1. The molecule has 1 aliphatic carbocycles. The molecule has 0 amide bonds. The highest BCUT2D eigenvalue weighted by molar-refractivity contribution is 7.91. The van der Waals surface area contributed by atoms with Gasteiger partial charge in [-0.3, -0.25) is 9.59 Å². The molecule has 1 aromatic rings. The molecule has 0 N–H and O–H groups in total. The van der Waals surface area contributed by atoms with Crippen LogP contribution in [0.4, 0.5) is 0 Å². The van der Waals surface area contributed by atoms with Gasteiger partial charge in [-0.25, -0.2) is 8.42 Å². The van der Waals surface area contributed by atoms with E-state index in [2.05, 4.69) is 4.74 Å². The molecule has 0 unspecified atom stereocenters. The molecular weight excluding hydrogens is 292 g/mol. The first-order chi connectivity index (χ1) is 9.94. The van der Waals surface area contributed by atoms with Crippen LogP contribution >= 0.6 is 0 Å². The summed E-state index contributed by atoms with van der Waals surface area (Å²) in [5.74, 6) is -0.328. The lowest BCUT2D eigenvalue weighted by atomic mass is 10.1. The number of carbonyl (C=O) groups is 2. The van der Waals surface area contributed by atoms with Crippen molar-refractivity contribution >= 4 is 21.6 Å². The van der Waals surface area contributed by atoms with Crippen molar-refractivity contribution in [3.63, 3.8) is 0 Å². The van der Waals surface area contributed by atoms with E-state index in [0.29, 0.717) is 5.56 Å². The maximum atomic E-state index is 12.1. The van der Waals surface area contributed by atoms with Crippen molar-refractivity contribution in [1.29, 1.82) is 0 Å². The molecule has 2 rings (SSSR count). The first-order valence-electron chi connectivity index (χ1n) is 6.88. The number of carbonyl (C=O) groups excluding carboxylic acids is 2. The van der Waals surface area contributed by atoms with Crippen LogP contribution in [0.5, 0.6) is 0 Å². The van der Waals surface area contributed by atoms with Crippen molar-refractivity contribution in [1.82, 2.24) is 0 Å². The van der Waals surface area contributed by atoms with Gasteiger partial charge in [-0.05, 0) is 31.4 Å². The quantitative estimate of drug-likeness (QED) is 0.568. The molecule has 5 nitrogen and oxygen atoms in total. The molecule has 1 saturated carbocycles. The lowest BCUT2D eigenvalue weighted by Crippen LogP contribution is -2.10. The zero-order valence-electron chi connectivity index (χ0n) is 11.9. The second-order valence-corrected chi connectivity index (χ2v) is 7.27. The van der Waals surface area contributed by atoms with Crippen LogP contribution in [-0.2, 0) is 19.4 Å². The van der Waals surface area contributed by atoms with Crippen molar-refractivity contribution in [2.24, 2.45) is 5.92 Å². The Morgan fingerprint density at radius 3 is 2.33 bits per heavy atom. The average molecular weight is 310 g/mol. The normalized spacial score (nSPS) is 14.7. The van der Waals surface area contributed by atoms with E-state index in [9.17, 15) is 18.0 Å². The minimum absolute atomic E-state index is 0.0774. The van der Waals surface area contributed by atoms with Gasteiger partial charge >= 0.3 is 5.97 Å². The molecule has 6 heteroatoms. The number of Topliss-reactive ketones (excluding diaryl/α,β-unsaturated/α-hetero) is 1. The summed E-state index contributed by atoms with van der Waals surface area (Å²) in [5.41, 5.74) is 0.561. The monoisotopic (exact) mass is 310 g/mol. The Labute approximate surface area is 124 Å². The number of hydrogen-bond donors (Lipinski definition) is 0. The van der Waals surface area contributed by atoms with Crippen LogP contribution in [0.15, 0.2) is 29.2 Å². The van der Waals surface area contributed by atoms with Gasteiger partial charge in [0.25, 0.3) is 0 Å². The maximum absolute atomic E-state index is 12.1. The zero-order valence-corrected chi connectivity index (χ0v) is 12.7. The molecule has 1 fully saturated rings. The Balaban J connectivity index is 1.99. The fourth-order valence-electron chi connectivity index (χ4n) is 2.03. The van der Waals surface area contributed by atoms with Gasteiger partial charge < -0.3 is 4.74 Å². The molecule has 0 spiro atoms. The molecule has 0 radical (unpaired) electrons. The van der Waals surface area contributed by atoms with Crippen molar-refractivity contribution in [2.45, 2.75) is 30.6 Å². The van der Waals surface area contributed by atoms with E-state index in [0.717, 1.165) is 12.8 Å². The second kappa shape index (κ2) is 6.39. The third kappa shape index (κ3) is 4.14. The first kappa shape index (κ1) is 15.7. The van der Waals surface area contributed by atoms with Crippen LogP contribution in [-0.4, -0.2) is 33.0 Å². The maximum Gasteiger partial charge on any atom is 0.305 e. The number of ether oxygens (including phenoxy) is 1. The summed E-state index contributed by atoms with van der Waals surface area (Å²) >= 11 is 0. The van der Waals surface area contributed by atoms with Crippen molar-refractivity contribution in [3.05, 3.63) is 29.8 Å². The van der Waals surface area contributed by atoms with Crippen LogP contribution in [0, 0.1) is 5.92 Å². The Morgan fingerprint density at radius 2 is 1.81 bits per heavy atom. The highest BCUT2D eigenvalue weighted by Gasteiger charge is 2.30. The highest BCUT2D eigenvalue weighted by atomic mass is 32.2. The smallest absolute Gasteiger partial charge is 0.305 e. The zero-order chi connectivity index (χ0) is 15.5. The number of sulfone groups is 1.